The molecule has 0 bridgehead atoms. The van der Waals surface area contributed by atoms with Crippen molar-refractivity contribution < 1.29 is 18.3 Å². The van der Waals surface area contributed by atoms with E-state index in [1.165, 1.54) is 6.07 Å². The Morgan fingerprint density at radius 2 is 1.92 bits per heavy atom. The average molecular weight is 422 g/mol. The van der Waals surface area contributed by atoms with Gasteiger partial charge in [-0.1, -0.05) is 43.1 Å². The number of H-pyrrole nitrogens is 1. The molecule has 0 saturated heterocycles. The normalized spacial score (nSPS) is 11.6. The van der Waals surface area contributed by atoms with Crippen LogP contribution in [0.3, 0.4) is 0 Å². The van der Waals surface area contributed by atoms with Crippen molar-refractivity contribution in [3.05, 3.63) is 28.2 Å². The van der Waals surface area contributed by atoms with Crippen LogP contribution in [0.5, 0.6) is 5.75 Å². The van der Waals surface area contributed by atoms with Crippen LogP contribution < -0.4 is 10.6 Å². The number of aromatic amines is 1. The number of carbonyl (C=O) groups excluding carboxylic acids is 1. The fourth-order valence-corrected chi connectivity index (χ4v) is 3.93. The number of aromatic nitrogens is 2. The van der Waals surface area contributed by atoms with Crippen molar-refractivity contribution in [2.45, 2.75) is 18.9 Å². The highest BCUT2D eigenvalue weighted by Crippen LogP contribution is 2.32. The number of sulfonamides is 1. The van der Waals surface area contributed by atoms with Crippen LogP contribution in [0.15, 0.2) is 23.2 Å². The molecule has 1 aromatic heterocycles. The molecule has 2 aromatic rings. The molecule has 26 heavy (non-hydrogen) atoms. The van der Waals surface area contributed by atoms with Gasteiger partial charge < -0.3 is 10.4 Å². The summed E-state index contributed by atoms with van der Waals surface area (Å²) in [7, 11) is -3.96. The molecule has 2 amide bonds. The number of anilines is 2. The number of hydrogen-bond acceptors (Lipinski definition) is 5. The van der Waals surface area contributed by atoms with Gasteiger partial charge in [0.25, 0.3) is 10.0 Å². The highest BCUT2D eigenvalue weighted by atomic mass is 35.5. The van der Waals surface area contributed by atoms with Crippen molar-refractivity contribution in [3.63, 3.8) is 0 Å². The summed E-state index contributed by atoms with van der Waals surface area (Å²) in [4.78, 5) is 12.1. The van der Waals surface area contributed by atoms with Gasteiger partial charge in [-0.15, -0.1) is 0 Å². The first-order valence-corrected chi connectivity index (χ1v) is 9.71. The Bertz CT molecular complexity index is 912. The molecule has 1 heterocycles. The third kappa shape index (κ3) is 4.04. The first-order valence-electron chi connectivity index (χ1n) is 7.51. The molecule has 142 valence electrons. The lowest BCUT2D eigenvalue weighted by atomic mass is 10.3. The Labute approximate surface area is 160 Å². The van der Waals surface area contributed by atoms with E-state index in [0.29, 0.717) is 0 Å². The predicted molar refractivity (Wildman–Crippen MR) is 99.5 cm³/mol. The first-order chi connectivity index (χ1) is 12.2. The lowest BCUT2D eigenvalue weighted by Crippen LogP contribution is -2.30. The summed E-state index contributed by atoms with van der Waals surface area (Å²) in [6, 6.07) is 3.87. The SMILES string of the molecule is CCN(CC)S(=O)(=O)c1[nH]nc(NC(=O)Nc2cccc(Cl)c2Cl)c1O. The van der Waals surface area contributed by atoms with Gasteiger partial charge >= 0.3 is 6.03 Å². The van der Waals surface area contributed by atoms with E-state index in [9.17, 15) is 18.3 Å². The molecular weight excluding hydrogens is 405 g/mol. The maximum absolute atomic E-state index is 12.4. The van der Waals surface area contributed by atoms with Crippen LogP contribution in [-0.2, 0) is 10.0 Å². The largest absolute Gasteiger partial charge is 0.502 e. The van der Waals surface area contributed by atoms with Gasteiger partial charge in [0.15, 0.2) is 11.6 Å². The lowest BCUT2D eigenvalue weighted by Gasteiger charge is -2.16. The van der Waals surface area contributed by atoms with Crippen molar-refractivity contribution in [1.29, 1.82) is 0 Å². The highest BCUT2D eigenvalue weighted by Gasteiger charge is 2.29. The minimum Gasteiger partial charge on any atom is -0.502 e. The standard InChI is InChI=1S/C14H17Cl2N5O4S/c1-3-21(4-2)26(24,25)13-11(22)12(19-20-13)18-14(23)17-9-7-5-6-8(15)10(9)16/h5-7,22H,3-4H2,1-2H3,(H3,17,18,19,20,23). The van der Waals surface area contributed by atoms with Crippen LogP contribution in [0.4, 0.5) is 16.3 Å². The van der Waals surface area contributed by atoms with Crippen molar-refractivity contribution in [2.75, 3.05) is 23.7 Å². The van der Waals surface area contributed by atoms with Gasteiger partial charge in [-0.25, -0.2) is 13.2 Å². The topological polar surface area (TPSA) is 127 Å². The molecule has 0 unspecified atom stereocenters. The maximum atomic E-state index is 12.4. The minimum absolute atomic E-state index is 0.139. The van der Waals surface area contributed by atoms with Crippen LogP contribution >= 0.6 is 23.2 Å². The predicted octanol–water partition coefficient (Wildman–Crippen LogP) is 3.10. The van der Waals surface area contributed by atoms with E-state index >= 15 is 0 Å². The lowest BCUT2D eigenvalue weighted by molar-refractivity contribution is 0.262. The monoisotopic (exact) mass is 421 g/mol. The molecule has 0 radical (unpaired) electrons. The second kappa shape index (κ2) is 8.12. The van der Waals surface area contributed by atoms with Crippen LogP contribution in [0, 0.1) is 0 Å². The molecule has 4 N–H and O–H groups in total. The Morgan fingerprint density at radius 3 is 2.54 bits per heavy atom. The summed E-state index contributed by atoms with van der Waals surface area (Å²) < 4.78 is 26.0. The van der Waals surface area contributed by atoms with Gasteiger partial charge in [0.1, 0.15) is 0 Å². The van der Waals surface area contributed by atoms with Crippen molar-refractivity contribution in [1.82, 2.24) is 14.5 Å². The molecular formula is C14H17Cl2N5O4S. The van der Waals surface area contributed by atoms with E-state index in [-0.39, 0.29) is 34.6 Å². The van der Waals surface area contributed by atoms with Gasteiger partial charge in [-0.05, 0) is 12.1 Å². The Morgan fingerprint density at radius 1 is 1.27 bits per heavy atom. The number of aromatic hydroxyl groups is 1. The van der Waals surface area contributed by atoms with Crippen LogP contribution in [-0.4, -0.2) is 47.1 Å². The Kier molecular flexibility index (Phi) is 6.34. The number of amides is 2. The molecule has 2 rings (SSSR count). The summed E-state index contributed by atoms with van der Waals surface area (Å²) in [6.45, 7) is 3.76. The van der Waals surface area contributed by atoms with Crippen molar-refractivity contribution in [3.8, 4) is 5.75 Å². The van der Waals surface area contributed by atoms with E-state index in [1.807, 2.05) is 0 Å². The highest BCUT2D eigenvalue weighted by molar-refractivity contribution is 7.89. The summed E-state index contributed by atoms with van der Waals surface area (Å²) >= 11 is 11.8. The van der Waals surface area contributed by atoms with E-state index < -0.39 is 26.8 Å². The van der Waals surface area contributed by atoms with E-state index in [2.05, 4.69) is 20.8 Å². The zero-order valence-electron chi connectivity index (χ0n) is 13.9. The second-order valence-corrected chi connectivity index (χ2v) is 7.68. The fraction of sp³-hybridized carbons (Fsp3) is 0.286. The molecule has 0 saturated carbocycles. The first kappa shape index (κ1) is 20.3. The van der Waals surface area contributed by atoms with E-state index in [0.717, 1.165) is 4.31 Å². The van der Waals surface area contributed by atoms with Crippen molar-refractivity contribution in [2.24, 2.45) is 0 Å². The van der Waals surface area contributed by atoms with Gasteiger partial charge in [0.05, 0.1) is 15.7 Å². The molecule has 12 heteroatoms. The number of nitrogens with one attached hydrogen (secondary N) is 3. The Balaban J connectivity index is 2.20. The summed E-state index contributed by atoms with van der Waals surface area (Å²) in [5, 5.41) is 20.6. The third-order valence-electron chi connectivity index (χ3n) is 3.44. The summed E-state index contributed by atoms with van der Waals surface area (Å²) in [5.74, 6) is -1.03. The van der Waals surface area contributed by atoms with E-state index in [4.69, 9.17) is 23.2 Å². The molecule has 0 atom stereocenters. The fourth-order valence-electron chi connectivity index (χ4n) is 2.14. The van der Waals surface area contributed by atoms with Gasteiger partial charge in [-0.2, -0.15) is 9.40 Å². The smallest absolute Gasteiger partial charge is 0.325 e. The molecule has 9 nitrogen and oxygen atoms in total. The van der Waals surface area contributed by atoms with Crippen molar-refractivity contribution >= 4 is 50.8 Å². The van der Waals surface area contributed by atoms with Crippen LogP contribution in [0.25, 0.3) is 0 Å². The summed E-state index contributed by atoms with van der Waals surface area (Å²) in [6.07, 6.45) is 0. The number of urea groups is 1. The maximum Gasteiger partial charge on any atom is 0.325 e. The Hall–Kier alpha value is -2.01. The van der Waals surface area contributed by atoms with E-state index in [1.54, 1.807) is 26.0 Å². The number of hydrogen-bond donors (Lipinski definition) is 4. The van der Waals surface area contributed by atoms with Crippen LogP contribution in [0.2, 0.25) is 10.0 Å². The molecule has 0 fully saturated rings. The van der Waals surface area contributed by atoms with Gasteiger partial charge in [0.2, 0.25) is 5.03 Å². The molecule has 0 aliphatic heterocycles. The average Bonchev–Trinajstić information content (AvgIpc) is 2.94. The zero-order valence-corrected chi connectivity index (χ0v) is 16.2. The number of benzene rings is 1. The molecule has 0 aliphatic rings. The summed E-state index contributed by atoms with van der Waals surface area (Å²) in [5.41, 5.74) is 0.239. The quantitative estimate of drug-likeness (QED) is 0.569. The second-order valence-electron chi connectivity index (χ2n) is 5.02. The third-order valence-corrected chi connectivity index (χ3v) is 6.26. The number of carbonyl (C=O) groups is 1. The number of nitrogens with zero attached hydrogens (tertiary/aromatic N) is 2. The molecule has 0 spiro atoms. The zero-order chi connectivity index (χ0) is 19.5. The molecule has 1 aromatic carbocycles. The molecule has 0 aliphatic carbocycles. The van der Waals surface area contributed by atoms with Gasteiger partial charge in [0, 0.05) is 13.1 Å². The number of halogens is 2. The van der Waals surface area contributed by atoms with Crippen LogP contribution in [0.1, 0.15) is 13.8 Å². The minimum atomic E-state index is -3.96. The number of rotatable bonds is 6. The van der Waals surface area contributed by atoms with Gasteiger partial charge in [-0.3, -0.25) is 10.4 Å².